The van der Waals surface area contributed by atoms with Crippen LogP contribution in [0.2, 0.25) is 0 Å². The van der Waals surface area contributed by atoms with E-state index < -0.39 is 17.4 Å². The van der Waals surface area contributed by atoms with Gasteiger partial charge >= 0.3 is 5.97 Å². The van der Waals surface area contributed by atoms with Crippen LogP contribution in [0.3, 0.4) is 0 Å². The zero-order valence-corrected chi connectivity index (χ0v) is 11.8. The van der Waals surface area contributed by atoms with Crippen LogP contribution in [0.5, 0.6) is 0 Å². The number of hydrogen-bond donors (Lipinski definition) is 3. The molecule has 0 saturated heterocycles. The molecule has 1 aromatic heterocycles. The second-order valence-corrected chi connectivity index (χ2v) is 5.37. The number of amides is 2. The number of carbonyl (C=O) groups is 3. The first-order valence-corrected chi connectivity index (χ1v) is 6.53. The van der Waals surface area contributed by atoms with E-state index in [-0.39, 0.29) is 12.3 Å². The van der Waals surface area contributed by atoms with Gasteiger partial charge in [0.05, 0.1) is 9.88 Å². The molecule has 0 radical (unpaired) electrons. The van der Waals surface area contributed by atoms with Crippen LogP contribution >= 0.6 is 11.3 Å². The standard InChI is InChI=1S/C12H16N2O4S/c1-4-12(3,11(17)18)14-10(16)8-5-6-9(19-8)13-7(2)15/h5-6H,4H2,1-3H3,(H,13,15)(H,14,16)(H,17,18). The molecule has 19 heavy (non-hydrogen) atoms. The molecule has 1 unspecified atom stereocenters. The van der Waals surface area contributed by atoms with Crippen LogP contribution in [0.15, 0.2) is 12.1 Å². The molecule has 1 rings (SSSR count). The molecule has 0 aliphatic heterocycles. The summed E-state index contributed by atoms with van der Waals surface area (Å²) in [6, 6.07) is 3.15. The summed E-state index contributed by atoms with van der Waals surface area (Å²) in [7, 11) is 0. The summed E-state index contributed by atoms with van der Waals surface area (Å²) in [5, 5.41) is 14.7. The largest absolute Gasteiger partial charge is 0.480 e. The maximum Gasteiger partial charge on any atom is 0.329 e. The Hall–Kier alpha value is -1.89. The number of anilines is 1. The summed E-state index contributed by atoms with van der Waals surface area (Å²) in [5.74, 6) is -1.77. The van der Waals surface area contributed by atoms with Crippen molar-refractivity contribution >= 4 is 34.1 Å². The van der Waals surface area contributed by atoms with Crippen LogP contribution in [0, 0.1) is 0 Å². The SMILES string of the molecule is CCC(C)(NC(=O)c1ccc(NC(C)=O)s1)C(=O)O. The number of hydrogen-bond acceptors (Lipinski definition) is 4. The van der Waals surface area contributed by atoms with E-state index in [9.17, 15) is 14.4 Å². The van der Waals surface area contributed by atoms with E-state index in [0.717, 1.165) is 11.3 Å². The Labute approximate surface area is 114 Å². The number of carboxylic acid groups (broad SMARTS) is 1. The second-order valence-electron chi connectivity index (χ2n) is 4.29. The van der Waals surface area contributed by atoms with Crippen molar-refractivity contribution < 1.29 is 19.5 Å². The lowest BCUT2D eigenvalue weighted by atomic mass is 9.99. The predicted octanol–water partition coefficient (Wildman–Crippen LogP) is 1.69. The Morgan fingerprint density at radius 1 is 1.37 bits per heavy atom. The topological polar surface area (TPSA) is 95.5 Å². The van der Waals surface area contributed by atoms with Crippen molar-refractivity contribution in [2.24, 2.45) is 0 Å². The third kappa shape index (κ3) is 3.78. The highest BCUT2D eigenvalue weighted by atomic mass is 32.1. The first-order valence-electron chi connectivity index (χ1n) is 5.72. The van der Waals surface area contributed by atoms with Crippen molar-refractivity contribution in [3.63, 3.8) is 0 Å². The summed E-state index contributed by atoms with van der Waals surface area (Å²) < 4.78 is 0. The van der Waals surface area contributed by atoms with Gasteiger partial charge in [0.1, 0.15) is 5.54 Å². The molecule has 0 saturated carbocycles. The van der Waals surface area contributed by atoms with Crippen molar-refractivity contribution in [3.05, 3.63) is 17.0 Å². The van der Waals surface area contributed by atoms with E-state index >= 15 is 0 Å². The minimum atomic E-state index is -1.30. The summed E-state index contributed by atoms with van der Waals surface area (Å²) in [5.41, 5.74) is -1.30. The van der Waals surface area contributed by atoms with Crippen LogP contribution in [-0.4, -0.2) is 28.4 Å². The molecule has 6 nitrogen and oxygen atoms in total. The van der Waals surface area contributed by atoms with Gasteiger partial charge in [-0.3, -0.25) is 9.59 Å². The van der Waals surface area contributed by atoms with E-state index in [0.29, 0.717) is 9.88 Å². The number of thiophene rings is 1. The average Bonchev–Trinajstić information content (AvgIpc) is 2.76. The van der Waals surface area contributed by atoms with Gasteiger partial charge in [-0.25, -0.2) is 4.79 Å². The highest BCUT2D eigenvalue weighted by molar-refractivity contribution is 7.18. The van der Waals surface area contributed by atoms with E-state index in [4.69, 9.17) is 5.11 Å². The monoisotopic (exact) mass is 284 g/mol. The van der Waals surface area contributed by atoms with Crippen LogP contribution in [0.1, 0.15) is 36.9 Å². The third-order valence-corrected chi connectivity index (χ3v) is 3.70. The molecule has 0 aliphatic carbocycles. The molecule has 104 valence electrons. The van der Waals surface area contributed by atoms with Gasteiger partial charge < -0.3 is 15.7 Å². The average molecular weight is 284 g/mol. The number of nitrogens with one attached hydrogen (secondary N) is 2. The van der Waals surface area contributed by atoms with Crippen molar-refractivity contribution in [1.82, 2.24) is 5.32 Å². The van der Waals surface area contributed by atoms with E-state index in [2.05, 4.69) is 10.6 Å². The number of carboxylic acids is 1. The van der Waals surface area contributed by atoms with Gasteiger partial charge in [0, 0.05) is 6.92 Å². The van der Waals surface area contributed by atoms with E-state index in [1.54, 1.807) is 19.1 Å². The Morgan fingerprint density at radius 2 is 2.00 bits per heavy atom. The Balaban J connectivity index is 2.81. The summed E-state index contributed by atoms with van der Waals surface area (Å²) >= 11 is 1.10. The van der Waals surface area contributed by atoms with Gasteiger partial charge in [0.2, 0.25) is 5.91 Å². The first-order chi connectivity index (χ1) is 8.78. The van der Waals surface area contributed by atoms with Gasteiger partial charge in [-0.05, 0) is 25.5 Å². The predicted molar refractivity (Wildman–Crippen MR) is 72.4 cm³/mol. The van der Waals surface area contributed by atoms with Gasteiger partial charge in [-0.1, -0.05) is 6.92 Å². The zero-order valence-electron chi connectivity index (χ0n) is 10.9. The van der Waals surface area contributed by atoms with Crippen LogP contribution in [-0.2, 0) is 9.59 Å². The van der Waals surface area contributed by atoms with Crippen LogP contribution in [0.25, 0.3) is 0 Å². The fourth-order valence-electron chi connectivity index (χ4n) is 1.31. The molecule has 0 fully saturated rings. The molecule has 0 aromatic carbocycles. The van der Waals surface area contributed by atoms with Crippen LogP contribution < -0.4 is 10.6 Å². The molecular formula is C12H16N2O4S. The molecule has 7 heteroatoms. The molecule has 0 aliphatic rings. The molecule has 3 N–H and O–H groups in total. The molecule has 1 aromatic rings. The normalized spacial score (nSPS) is 13.4. The van der Waals surface area contributed by atoms with E-state index in [1.807, 2.05) is 0 Å². The minimum absolute atomic E-state index is 0.224. The molecule has 2 amide bonds. The third-order valence-electron chi connectivity index (χ3n) is 2.70. The fraction of sp³-hybridized carbons (Fsp3) is 0.417. The molecule has 1 heterocycles. The van der Waals surface area contributed by atoms with Crippen molar-refractivity contribution in [1.29, 1.82) is 0 Å². The summed E-state index contributed by atoms with van der Waals surface area (Å²) in [6.45, 7) is 4.51. The number of carbonyl (C=O) groups excluding carboxylic acids is 2. The van der Waals surface area contributed by atoms with E-state index in [1.165, 1.54) is 13.8 Å². The lowest BCUT2D eigenvalue weighted by Gasteiger charge is -2.24. The molecule has 0 bridgehead atoms. The summed E-state index contributed by atoms with van der Waals surface area (Å²) in [4.78, 5) is 34.3. The Morgan fingerprint density at radius 3 is 2.47 bits per heavy atom. The maximum atomic E-state index is 11.9. The number of aliphatic carboxylic acids is 1. The first kappa shape index (κ1) is 15.2. The van der Waals surface area contributed by atoms with Gasteiger partial charge in [-0.2, -0.15) is 0 Å². The van der Waals surface area contributed by atoms with Crippen molar-refractivity contribution in [3.8, 4) is 0 Å². The van der Waals surface area contributed by atoms with Gasteiger partial charge in [0.25, 0.3) is 5.91 Å². The van der Waals surface area contributed by atoms with Gasteiger partial charge in [-0.15, -0.1) is 11.3 Å². The second kappa shape index (κ2) is 5.83. The lowest BCUT2D eigenvalue weighted by Crippen LogP contribution is -2.51. The Bertz CT molecular complexity index is 512. The molecular weight excluding hydrogens is 268 g/mol. The highest BCUT2D eigenvalue weighted by Gasteiger charge is 2.33. The maximum absolute atomic E-state index is 11.9. The minimum Gasteiger partial charge on any atom is -0.480 e. The smallest absolute Gasteiger partial charge is 0.329 e. The Kier molecular flexibility index (Phi) is 4.66. The van der Waals surface area contributed by atoms with Crippen LogP contribution in [0.4, 0.5) is 5.00 Å². The van der Waals surface area contributed by atoms with Gasteiger partial charge in [0.15, 0.2) is 0 Å². The lowest BCUT2D eigenvalue weighted by molar-refractivity contribution is -0.143. The fourth-order valence-corrected chi connectivity index (χ4v) is 2.15. The zero-order chi connectivity index (χ0) is 14.6. The summed E-state index contributed by atoms with van der Waals surface area (Å²) in [6.07, 6.45) is 0.276. The number of rotatable bonds is 5. The van der Waals surface area contributed by atoms with Crippen molar-refractivity contribution in [2.75, 3.05) is 5.32 Å². The molecule has 0 spiro atoms. The highest BCUT2D eigenvalue weighted by Crippen LogP contribution is 2.22. The quantitative estimate of drug-likeness (QED) is 0.766. The molecule has 1 atom stereocenters. The van der Waals surface area contributed by atoms with Crippen molar-refractivity contribution in [2.45, 2.75) is 32.7 Å².